The normalized spacial score (nSPS) is 28.7. The molecule has 0 radical (unpaired) electrons. The zero-order valence-electron chi connectivity index (χ0n) is 15.2. The molecule has 138 valence electrons. The number of carbonyl (C=O) groups excluding carboxylic acids is 1. The van der Waals surface area contributed by atoms with Gasteiger partial charge in [-0.25, -0.2) is 0 Å². The SMILES string of the molecule is Cc1ccc(-c2ccc(/C=C3\SC(=S)N(C4CC5CCC4C5)C3=O)o2)cc1. The third-order valence-electron chi connectivity index (χ3n) is 6.09. The molecule has 2 aliphatic carbocycles. The summed E-state index contributed by atoms with van der Waals surface area (Å²) in [6.45, 7) is 2.06. The lowest BCUT2D eigenvalue weighted by molar-refractivity contribution is -0.124. The molecule has 1 amide bonds. The minimum Gasteiger partial charge on any atom is -0.457 e. The van der Waals surface area contributed by atoms with Crippen LogP contribution in [0, 0.1) is 18.8 Å². The maximum atomic E-state index is 13.0. The topological polar surface area (TPSA) is 33.5 Å². The average molecular weight is 396 g/mol. The van der Waals surface area contributed by atoms with Gasteiger partial charge >= 0.3 is 0 Å². The third-order valence-corrected chi connectivity index (χ3v) is 7.42. The second-order valence-corrected chi connectivity index (χ2v) is 9.54. The van der Waals surface area contributed by atoms with Gasteiger partial charge in [-0.2, -0.15) is 0 Å². The minimum atomic E-state index is 0.0517. The summed E-state index contributed by atoms with van der Waals surface area (Å²) >= 11 is 6.96. The molecule has 1 saturated heterocycles. The van der Waals surface area contributed by atoms with Crippen molar-refractivity contribution in [3.05, 3.63) is 52.6 Å². The van der Waals surface area contributed by atoms with E-state index in [1.807, 2.05) is 35.2 Å². The Kier molecular flexibility index (Phi) is 4.25. The van der Waals surface area contributed by atoms with Crippen LogP contribution >= 0.6 is 24.0 Å². The van der Waals surface area contributed by atoms with Crippen LogP contribution in [0.4, 0.5) is 0 Å². The lowest BCUT2D eigenvalue weighted by atomic mass is 9.94. The number of benzene rings is 1. The predicted molar refractivity (Wildman–Crippen MR) is 113 cm³/mol. The van der Waals surface area contributed by atoms with Crippen LogP contribution in [-0.4, -0.2) is 21.2 Å². The zero-order chi connectivity index (χ0) is 18.5. The minimum absolute atomic E-state index is 0.0517. The van der Waals surface area contributed by atoms with Gasteiger partial charge in [0.1, 0.15) is 15.8 Å². The standard InChI is InChI=1S/C22H21NO2S2/c1-13-2-5-15(6-3-13)19-9-8-17(25-19)12-20-21(24)23(22(26)27-20)18-11-14-4-7-16(18)10-14/h2-3,5-6,8-9,12,14,16,18H,4,7,10-11H2,1H3/b20-12-. The third kappa shape index (κ3) is 3.07. The molecule has 3 unspecified atom stereocenters. The molecule has 2 saturated carbocycles. The largest absolute Gasteiger partial charge is 0.457 e. The highest BCUT2D eigenvalue weighted by Crippen LogP contribution is 2.49. The van der Waals surface area contributed by atoms with Crippen molar-refractivity contribution in [2.45, 2.75) is 38.6 Å². The Hall–Kier alpha value is -1.85. The lowest BCUT2D eigenvalue weighted by Gasteiger charge is -2.30. The van der Waals surface area contributed by atoms with Gasteiger partial charge in [0.05, 0.1) is 4.91 Å². The van der Waals surface area contributed by atoms with E-state index in [1.54, 1.807) is 0 Å². The lowest BCUT2D eigenvalue weighted by Crippen LogP contribution is -2.41. The Morgan fingerprint density at radius 1 is 1.15 bits per heavy atom. The maximum absolute atomic E-state index is 13.0. The molecule has 3 aliphatic rings. The van der Waals surface area contributed by atoms with Crippen molar-refractivity contribution < 1.29 is 9.21 Å². The first-order valence-corrected chi connectivity index (χ1v) is 10.7. The smallest absolute Gasteiger partial charge is 0.266 e. The molecule has 27 heavy (non-hydrogen) atoms. The van der Waals surface area contributed by atoms with Crippen molar-refractivity contribution in [2.75, 3.05) is 0 Å². The highest BCUT2D eigenvalue weighted by atomic mass is 32.2. The van der Waals surface area contributed by atoms with Crippen LogP contribution in [0.5, 0.6) is 0 Å². The van der Waals surface area contributed by atoms with E-state index in [-0.39, 0.29) is 5.91 Å². The number of hydrogen-bond acceptors (Lipinski definition) is 4. The molecule has 3 atom stereocenters. The molecule has 1 aromatic heterocycles. The van der Waals surface area contributed by atoms with Crippen LogP contribution < -0.4 is 0 Å². The molecule has 5 heteroatoms. The van der Waals surface area contributed by atoms with Gasteiger partial charge < -0.3 is 4.42 Å². The Morgan fingerprint density at radius 3 is 2.67 bits per heavy atom. The van der Waals surface area contributed by atoms with Crippen LogP contribution in [0.25, 0.3) is 17.4 Å². The molecule has 0 spiro atoms. The number of furan rings is 1. The summed E-state index contributed by atoms with van der Waals surface area (Å²) in [7, 11) is 0. The van der Waals surface area contributed by atoms with Gasteiger partial charge in [-0.1, -0.05) is 60.2 Å². The fraction of sp³-hybridized carbons (Fsp3) is 0.364. The molecule has 1 aromatic carbocycles. The Morgan fingerprint density at radius 2 is 1.96 bits per heavy atom. The molecule has 2 aromatic rings. The van der Waals surface area contributed by atoms with E-state index in [0.717, 1.165) is 23.7 Å². The highest BCUT2D eigenvalue weighted by Gasteiger charge is 2.47. The second kappa shape index (κ2) is 6.64. The van der Waals surface area contributed by atoms with Crippen molar-refractivity contribution in [1.29, 1.82) is 0 Å². The summed E-state index contributed by atoms with van der Waals surface area (Å²) < 4.78 is 6.66. The molecular formula is C22H21NO2S2. The summed E-state index contributed by atoms with van der Waals surface area (Å²) in [5.41, 5.74) is 2.25. The number of hydrogen-bond donors (Lipinski definition) is 0. The number of aryl methyl sites for hydroxylation is 1. The Labute approximate surface area is 168 Å². The van der Waals surface area contributed by atoms with Crippen LogP contribution in [0.15, 0.2) is 45.7 Å². The number of thioether (sulfide) groups is 1. The van der Waals surface area contributed by atoms with E-state index >= 15 is 0 Å². The molecule has 3 nitrogen and oxygen atoms in total. The summed E-state index contributed by atoms with van der Waals surface area (Å²) in [4.78, 5) is 15.6. The summed E-state index contributed by atoms with van der Waals surface area (Å²) in [5, 5.41) is 0. The number of rotatable bonds is 3. The monoisotopic (exact) mass is 395 g/mol. The number of carbonyl (C=O) groups is 1. The highest BCUT2D eigenvalue weighted by molar-refractivity contribution is 8.26. The molecule has 2 heterocycles. The fourth-order valence-corrected chi connectivity index (χ4v) is 6.08. The van der Waals surface area contributed by atoms with E-state index in [9.17, 15) is 4.79 Å². The van der Waals surface area contributed by atoms with Gasteiger partial charge in [0, 0.05) is 17.7 Å². The summed E-state index contributed by atoms with van der Waals surface area (Å²) in [6, 6.07) is 12.4. The van der Waals surface area contributed by atoms with Crippen molar-refractivity contribution in [2.24, 2.45) is 11.8 Å². The average Bonchev–Trinajstić information content (AvgIpc) is 3.42. The van der Waals surface area contributed by atoms with Gasteiger partial charge in [0.25, 0.3) is 5.91 Å². The van der Waals surface area contributed by atoms with E-state index in [1.165, 1.54) is 36.6 Å². The van der Waals surface area contributed by atoms with Crippen LogP contribution in [0.3, 0.4) is 0 Å². The first kappa shape index (κ1) is 17.3. The predicted octanol–water partition coefficient (Wildman–Crippen LogP) is 5.64. The molecule has 3 fully saturated rings. The molecular weight excluding hydrogens is 374 g/mol. The first-order valence-electron chi connectivity index (χ1n) is 9.52. The van der Waals surface area contributed by atoms with Crippen LogP contribution in [0.1, 0.15) is 37.0 Å². The first-order chi connectivity index (χ1) is 13.1. The summed E-state index contributed by atoms with van der Waals surface area (Å²) in [5.74, 6) is 2.98. The fourth-order valence-electron chi connectivity index (χ4n) is 4.73. The Balaban J connectivity index is 1.37. The molecule has 5 rings (SSSR count). The van der Waals surface area contributed by atoms with Crippen molar-refractivity contribution >= 4 is 40.3 Å². The van der Waals surface area contributed by atoms with E-state index in [2.05, 4.69) is 19.1 Å². The van der Waals surface area contributed by atoms with Crippen molar-refractivity contribution in [1.82, 2.24) is 4.90 Å². The number of nitrogens with zero attached hydrogens (tertiary/aromatic N) is 1. The number of fused-ring (bicyclic) bond motifs is 2. The number of amides is 1. The molecule has 2 bridgehead atoms. The van der Waals surface area contributed by atoms with Gasteiger partial charge in [-0.15, -0.1) is 0 Å². The zero-order valence-corrected chi connectivity index (χ0v) is 16.8. The van der Waals surface area contributed by atoms with Crippen molar-refractivity contribution in [3.63, 3.8) is 0 Å². The maximum Gasteiger partial charge on any atom is 0.266 e. The van der Waals surface area contributed by atoms with E-state index in [4.69, 9.17) is 16.6 Å². The second-order valence-electron chi connectivity index (χ2n) is 7.86. The van der Waals surface area contributed by atoms with Crippen LogP contribution in [0.2, 0.25) is 0 Å². The van der Waals surface area contributed by atoms with Gasteiger partial charge in [0.15, 0.2) is 0 Å². The van der Waals surface area contributed by atoms with Crippen LogP contribution in [-0.2, 0) is 4.79 Å². The summed E-state index contributed by atoms with van der Waals surface area (Å²) in [6.07, 6.45) is 6.77. The van der Waals surface area contributed by atoms with Gasteiger partial charge in [-0.05, 0) is 50.2 Å². The van der Waals surface area contributed by atoms with Crippen molar-refractivity contribution in [3.8, 4) is 11.3 Å². The number of thiocarbonyl (C=S) groups is 1. The Bertz CT molecular complexity index is 943. The van der Waals surface area contributed by atoms with Gasteiger partial charge in [0.2, 0.25) is 0 Å². The molecule has 0 N–H and O–H groups in total. The quantitative estimate of drug-likeness (QED) is 0.497. The van der Waals surface area contributed by atoms with Gasteiger partial charge in [-0.3, -0.25) is 9.69 Å². The van der Waals surface area contributed by atoms with E-state index < -0.39 is 0 Å². The van der Waals surface area contributed by atoms with E-state index in [0.29, 0.717) is 26.9 Å². The molecule has 1 aliphatic heterocycles.